The number of methoxy groups -OCH3 is 1. The van der Waals surface area contributed by atoms with E-state index in [1.54, 1.807) is 13.2 Å². The molecule has 0 aliphatic rings. The van der Waals surface area contributed by atoms with E-state index in [9.17, 15) is 9.18 Å². The van der Waals surface area contributed by atoms with Crippen molar-refractivity contribution in [3.63, 3.8) is 0 Å². The fraction of sp³-hybridized carbons (Fsp3) is 0.278. The van der Waals surface area contributed by atoms with Crippen LogP contribution in [-0.2, 0) is 0 Å². The highest BCUT2D eigenvalue weighted by molar-refractivity contribution is 5.94. The minimum atomic E-state index is -0.418. The van der Waals surface area contributed by atoms with Gasteiger partial charge >= 0.3 is 0 Å². The molecule has 0 bridgehead atoms. The molecule has 116 valence electrons. The quantitative estimate of drug-likeness (QED) is 0.907. The van der Waals surface area contributed by atoms with Gasteiger partial charge in [0.05, 0.1) is 13.2 Å². The van der Waals surface area contributed by atoms with Crippen molar-refractivity contribution in [2.24, 2.45) is 5.92 Å². The van der Waals surface area contributed by atoms with Crippen LogP contribution in [-0.4, -0.2) is 13.0 Å². The molecule has 2 aromatic carbocycles. The zero-order chi connectivity index (χ0) is 16.1. The molecule has 22 heavy (non-hydrogen) atoms. The molecule has 2 rings (SSSR count). The molecule has 0 saturated heterocycles. The number of hydrogen-bond acceptors (Lipinski definition) is 2. The summed E-state index contributed by atoms with van der Waals surface area (Å²) in [5, 5.41) is 2.97. The van der Waals surface area contributed by atoms with E-state index in [4.69, 9.17) is 4.74 Å². The van der Waals surface area contributed by atoms with Crippen LogP contribution in [0, 0.1) is 11.7 Å². The molecule has 2 aromatic rings. The van der Waals surface area contributed by atoms with Gasteiger partial charge < -0.3 is 10.1 Å². The summed E-state index contributed by atoms with van der Waals surface area (Å²) in [7, 11) is 1.61. The third-order valence-corrected chi connectivity index (χ3v) is 3.51. The lowest BCUT2D eigenvalue weighted by Gasteiger charge is -2.23. The summed E-state index contributed by atoms with van der Waals surface area (Å²) in [5.41, 5.74) is 1.31. The predicted octanol–water partition coefficient (Wildman–Crippen LogP) is 3.96. The van der Waals surface area contributed by atoms with Gasteiger partial charge in [0.1, 0.15) is 11.6 Å². The summed E-state index contributed by atoms with van der Waals surface area (Å²) in [5.74, 6) is 0.265. The van der Waals surface area contributed by atoms with Crippen LogP contribution in [0.25, 0.3) is 0 Å². The average molecular weight is 301 g/mol. The van der Waals surface area contributed by atoms with E-state index in [0.29, 0.717) is 5.56 Å². The number of carbonyl (C=O) groups is 1. The first-order valence-corrected chi connectivity index (χ1v) is 7.21. The van der Waals surface area contributed by atoms with Crippen LogP contribution < -0.4 is 10.1 Å². The molecule has 3 nitrogen and oxygen atoms in total. The standard InChI is InChI=1S/C18H20FNO2/c1-12(2)17(13-7-9-16(22-3)10-8-13)20-18(21)14-5-4-6-15(19)11-14/h4-12,17H,1-3H3,(H,20,21)/t17-/m0/s1. The fourth-order valence-corrected chi connectivity index (χ4v) is 2.30. The normalized spacial score (nSPS) is 12.0. The zero-order valence-corrected chi connectivity index (χ0v) is 13.0. The molecule has 0 unspecified atom stereocenters. The largest absolute Gasteiger partial charge is 0.497 e. The molecule has 1 amide bonds. The maximum Gasteiger partial charge on any atom is 0.251 e. The second-order valence-electron chi connectivity index (χ2n) is 5.48. The number of nitrogens with one attached hydrogen (secondary N) is 1. The number of halogens is 1. The lowest BCUT2D eigenvalue weighted by atomic mass is 9.95. The maximum atomic E-state index is 13.2. The molecule has 1 atom stereocenters. The van der Waals surface area contributed by atoms with E-state index in [2.05, 4.69) is 5.32 Å². The fourth-order valence-electron chi connectivity index (χ4n) is 2.30. The van der Waals surface area contributed by atoms with Crippen molar-refractivity contribution in [3.05, 3.63) is 65.5 Å². The van der Waals surface area contributed by atoms with Gasteiger partial charge in [0.25, 0.3) is 5.91 Å². The Morgan fingerprint density at radius 2 is 1.82 bits per heavy atom. The van der Waals surface area contributed by atoms with E-state index in [0.717, 1.165) is 11.3 Å². The number of carbonyl (C=O) groups excluding carboxylic acids is 1. The molecule has 0 radical (unpaired) electrons. The van der Waals surface area contributed by atoms with Crippen LogP contribution in [0.5, 0.6) is 5.75 Å². The van der Waals surface area contributed by atoms with Crippen molar-refractivity contribution in [2.45, 2.75) is 19.9 Å². The summed E-state index contributed by atoms with van der Waals surface area (Å²) in [4.78, 5) is 12.3. The number of ether oxygens (including phenoxy) is 1. The Labute approximate surface area is 130 Å². The molecule has 1 N–H and O–H groups in total. The molecule has 0 aromatic heterocycles. The van der Waals surface area contributed by atoms with Crippen LogP contribution in [0.4, 0.5) is 4.39 Å². The van der Waals surface area contributed by atoms with Gasteiger partial charge in [-0.15, -0.1) is 0 Å². The van der Waals surface area contributed by atoms with E-state index in [1.807, 2.05) is 38.1 Å². The van der Waals surface area contributed by atoms with Crippen LogP contribution in [0.1, 0.15) is 35.8 Å². The summed E-state index contributed by atoms with van der Waals surface area (Å²) < 4.78 is 18.4. The second-order valence-corrected chi connectivity index (χ2v) is 5.48. The van der Waals surface area contributed by atoms with Crippen molar-refractivity contribution >= 4 is 5.91 Å². The Kier molecular flexibility index (Phi) is 5.15. The van der Waals surface area contributed by atoms with Crippen LogP contribution in [0.3, 0.4) is 0 Å². The van der Waals surface area contributed by atoms with Crippen molar-refractivity contribution in [3.8, 4) is 5.75 Å². The van der Waals surface area contributed by atoms with Gasteiger partial charge in [-0.2, -0.15) is 0 Å². The molecule has 0 saturated carbocycles. The first kappa shape index (κ1) is 16.0. The highest BCUT2D eigenvalue weighted by atomic mass is 19.1. The van der Waals surface area contributed by atoms with Crippen molar-refractivity contribution in [2.75, 3.05) is 7.11 Å². The van der Waals surface area contributed by atoms with Crippen molar-refractivity contribution < 1.29 is 13.9 Å². The van der Waals surface area contributed by atoms with Gasteiger partial charge in [-0.25, -0.2) is 4.39 Å². The van der Waals surface area contributed by atoms with E-state index in [1.165, 1.54) is 18.2 Å². The number of benzene rings is 2. The third kappa shape index (κ3) is 3.85. The van der Waals surface area contributed by atoms with Crippen LogP contribution >= 0.6 is 0 Å². The second kappa shape index (κ2) is 7.07. The summed E-state index contributed by atoms with van der Waals surface area (Å²) in [6.07, 6.45) is 0. The minimum absolute atomic E-state index is 0.151. The van der Waals surface area contributed by atoms with E-state index in [-0.39, 0.29) is 17.9 Å². The van der Waals surface area contributed by atoms with Crippen molar-refractivity contribution in [1.29, 1.82) is 0 Å². The van der Waals surface area contributed by atoms with E-state index < -0.39 is 5.82 Å². The van der Waals surface area contributed by atoms with Gasteiger partial charge in [-0.1, -0.05) is 32.0 Å². The molecule has 4 heteroatoms. The van der Waals surface area contributed by atoms with Gasteiger partial charge in [0, 0.05) is 5.56 Å². The SMILES string of the molecule is COc1ccc([C@@H](NC(=O)c2cccc(F)c2)C(C)C)cc1. The summed E-state index contributed by atoms with van der Waals surface area (Å²) >= 11 is 0. The molecule has 0 fully saturated rings. The highest BCUT2D eigenvalue weighted by Crippen LogP contribution is 2.24. The lowest BCUT2D eigenvalue weighted by Crippen LogP contribution is -2.31. The Balaban J connectivity index is 2.19. The first-order chi connectivity index (χ1) is 10.5. The maximum absolute atomic E-state index is 13.2. The van der Waals surface area contributed by atoms with Gasteiger partial charge in [0.15, 0.2) is 0 Å². The Bertz CT molecular complexity index is 638. The average Bonchev–Trinajstić information content (AvgIpc) is 2.52. The van der Waals surface area contributed by atoms with Gasteiger partial charge in [0.2, 0.25) is 0 Å². The summed E-state index contributed by atoms with van der Waals surface area (Å²) in [6.45, 7) is 4.06. The van der Waals surface area contributed by atoms with Gasteiger partial charge in [-0.3, -0.25) is 4.79 Å². The third-order valence-electron chi connectivity index (χ3n) is 3.51. The van der Waals surface area contributed by atoms with E-state index >= 15 is 0 Å². The monoisotopic (exact) mass is 301 g/mol. The molecular formula is C18H20FNO2. The highest BCUT2D eigenvalue weighted by Gasteiger charge is 2.19. The molecule has 0 heterocycles. The van der Waals surface area contributed by atoms with Gasteiger partial charge in [-0.05, 0) is 41.8 Å². The topological polar surface area (TPSA) is 38.3 Å². The Hall–Kier alpha value is -2.36. The minimum Gasteiger partial charge on any atom is -0.497 e. The Morgan fingerprint density at radius 1 is 1.14 bits per heavy atom. The van der Waals surface area contributed by atoms with Crippen LogP contribution in [0.15, 0.2) is 48.5 Å². The first-order valence-electron chi connectivity index (χ1n) is 7.21. The Morgan fingerprint density at radius 3 is 2.36 bits per heavy atom. The molecule has 0 aliphatic heterocycles. The molecule has 0 spiro atoms. The predicted molar refractivity (Wildman–Crippen MR) is 84.4 cm³/mol. The summed E-state index contributed by atoms with van der Waals surface area (Å²) in [6, 6.07) is 13.1. The molecule has 0 aliphatic carbocycles. The molecular weight excluding hydrogens is 281 g/mol. The number of rotatable bonds is 5. The van der Waals surface area contributed by atoms with Crippen molar-refractivity contribution in [1.82, 2.24) is 5.32 Å². The number of hydrogen-bond donors (Lipinski definition) is 1. The zero-order valence-electron chi connectivity index (χ0n) is 13.0. The van der Waals surface area contributed by atoms with Crippen LogP contribution in [0.2, 0.25) is 0 Å². The number of amides is 1. The smallest absolute Gasteiger partial charge is 0.251 e. The lowest BCUT2D eigenvalue weighted by molar-refractivity contribution is 0.0925.